The van der Waals surface area contributed by atoms with Crippen molar-refractivity contribution in [3.8, 4) is 22.7 Å². The second-order valence-electron chi connectivity index (χ2n) is 6.65. The minimum Gasteiger partial charge on any atom is -0.493 e. The van der Waals surface area contributed by atoms with E-state index in [1.807, 2.05) is 31.2 Å². The van der Waals surface area contributed by atoms with Crippen molar-refractivity contribution in [3.05, 3.63) is 64.6 Å². The quantitative estimate of drug-likeness (QED) is 0.563. The number of amides is 1. The molecule has 1 heterocycles. The number of hydrogen-bond donors (Lipinski definition) is 1. The van der Waals surface area contributed by atoms with E-state index in [-0.39, 0.29) is 35.2 Å². The van der Waals surface area contributed by atoms with E-state index in [1.165, 1.54) is 0 Å². The Kier molecular flexibility index (Phi) is 6.17. The van der Waals surface area contributed by atoms with Crippen molar-refractivity contribution in [1.82, 2.24) is 9.55 Å². The number of halogens is 3. The molecule has 29 heavy (non-hydrogen) atoms. The van der Waals surface area contributed by atoms with Crippen LogP contribution in [-0.2, 0) is 4.79 Å². The number of nitrogens with zero attached hydrogens (tertiary/aromatic N) is 2. The van der Waals surface area contributed by atoms with E-state index in [2.05, 4.69) is 4.98 Å². The van der Waals surface area contributed by atoms with Gasteiger partial charge >= 0.3 is 0 Å². The molecule has 0 saturated carbocycles. The number of ether oxygens (including phenoxy) is 1. The van der Waals surface area contributed by atoms with Crippen LogP contribution in [0, 0.1) is 25.5 Å². The fourth-order valence-electron chi connectivity index (χ4n) is 3.02. The lowest BCUT2D eigenvalue weighted by Gasteiger charge is -2.14. The van der Waals surface area contributed by atoms with E-state index in [0.717, 1.165) is 17.7 Å². The molecular formula is C21H20ClF2N3O2. The van der Waals surface area contributed by atoms with Gasteiger partial charge in [0, 0.05) is 24.2 Å². The molecule has 0 atom stereocenters. The van der Waals surface area contributed by atoms with Crippen molar-refractivity contribution in [3.63, 3.8) is 0 Å². The maximum atomic E-state index is 14.9. The first-order valence-corrected chi connectivity index (χ1v) is 9.38. The minimum absolute atomic E-state index is 0.00370. The standard InChI is InChI=1S/C21H20ClF2N3O2/c1-12-5-7-14(8-6-12)27-13(2)26-21(22)20(27)19-16(23)10-15(11-17(19)24)29-9-3-4-18(25)28/h5-8,10-11H,3-4,9H2,1-2H3,(H2,25,28). The number of aryl methyl sites for hydroxylation is 2. The van der Waals surface area contributed by atoms with Crippen LogP contribution in [0.15, 0.2) is 36.4 Å². The summed E-state index contributed by atoms with van der Waals surface area (Å²) in [4.78, 5) is 14.9. The third kappa shape index (κ3) is 4.56. The molecule has 152 valence electrons. The van der Waals surface area contributed by atoms with Crippen LogP contribution in [0.25, 0.3) is 16.9 Å². The summed E-state index contributed by atoms with van der Waals surface area (Å²) in [6, 6.07) is 9.61. The largest absolute Gasteiger partial charge is 0.493 e. The summed E-state index contributed by atoms with van der Waals surface area (Å²) in [5.41, 5.74) is 6.63. The van der Waals surface area contributed by atoms with Crippen molar-refractivity contribution in [2.75, 3.05) is 6.61 Å². The number of nitrogens with two attached hydrogens (primary N) is 1. The fourth-order valence-corrected chi connectivity index (χ4v) is 3.32. The van der Waals surface area contributed by atoms with Gasteiger partial charge in [0.1, 0.15) is 23.2 Å². The van der Waals surface area contributed by atoms with E-state index < -0.39 is 17.5 Å². The molecule has 0 spiro atoms. The lowest BCUT2D eigenvalue weighted by atomic mass is 10.1. The van der Waals surface area contributed by atoms with Crippen molar-refractivity contribution in [1.29, 1.82) is 0 Å². The number of aromatic nitrogens is 2. The zero-order chi connectivity index (χ0) is 21.1. The highest BCUT2D eigenvalue weighted by molar-refractivity contribution is 6.32. The molecule has 8 heteroatoms. The van der Waals surface area contributed by atoms with Gasteiger partial charge in [0.25, 0.3) is 0 Å². The predicted octanol–water partition coefficient (Wildman–Crippen LogP) is 4.73. The highest BCUT2D eigenvalue weighted by atomic mass is 35.5. The van der Waals surface area contributed by atoms with Crippen LogP contribution >= 0.6 is 11.6 Å². The molecule has 0 aliphatic carbocycles. The van der Waals surface area contributed by atoms with Crippen LogP contribution in [0.1, 0.15) is 24.2 Å². The Labute approximate surface area is 172 Å². The molecule has 0 fully saturated rings. The summed E-state index contributed by atoms with van der Waals surface area (Å²) in [5, 5.41) is -0.00370. The molecule has 0 aliphatic heterocycles. The second kappa shape index (κ2) is 8.61. The Morgan fingerprint density at radius 3 is 2.38 bits per heavy atom. The van der Waals surface area contributed by atoms with Crippen LogP contribution in [0.2, 0.25) is 5.15 Å². The molecule has 3 rings (SSSR count). The Bertz CT molecular complexity index is 1030. The molecule has 1 amide bonds. The molecule has 2 N–H and O–H groups in total. The summed E-state index contributed by atoms with van der Waals surface area (Å²) in [7, 11) is 0. The molecule has 3 aromatic rings. The Morgan fingerprint density at radius 1 is 1.17 bits per heavy atom. The monoisotopic (exact) mass is 419 g/mol. The van der Waals surface area contributed by atoms with Gasteiger partial charge in [-0.15, -0.1) is 0 Å². The van der Waals surface area contributed by atoms with Crippen LogP contribution in [0.5, 0.6) is 5.75 Å². The maximum absolute atomic E-state index is 14.9. The van der Waals surface area contributed by atoms with Gasteiger partial charge in [0.05, 0.1) is 17.9 Å². The molecule has 0 aliphatic rings. The second-order valence-corrected chi connectivity index (χ2v) is 7.01. The van der Waals surface area contributed by atoms with Crippen molar-refractivity contribution in [2.45, 2.75) is 26.7 Å². The average molecular weight is 420 g/mol. The Hall–Kier alpha value is -2.93. The van der Waals surface area contributed by atoms with Gasteiger partial charge in [-0.3, -0.25) is 9.36 Å². The molecule has 2 aromatic carbocycles. The van der Waals surface area contributed by atoms with E-state index in [1.54, 1.807) is 11.5 Å². The molecule has 0 saturated heterocycles. The molecule has 0 unspecified atom stereocenters. The van der Waals surface area contributed by atoms with E-state index >= 15 is 0 Å². The zero-order valence-electron chi connectivity index (χ0n) is 16.0. The summed E-state index contributed by atoms with van der Waals surface area (Å²) >= 11 is 6.24. The van der Waals surface area contributed by atoms with Crippen molar-refractivity contribution >= 4 is 17.5 Å². The third-order valence-corrected chi connectivity index (χ3v) is 4.65. The van der Waals surface area contributed by atoms with Crippen LogP contribution in [0.4, 0.5) is 8.78 Å². The normalized spacial score (nSPS) is 10.9. The van der Waals surface area contributed by atoms with Gasteiger partial charge in [-0.05, 0) is 32.4 Å². The molecule has 0 bridgehead atoms. The van der Waals surface area contributed by atoms with Crippen molar-refractivity contribution < 1.29 is 18.3 Å². The number of imidazole rings is 1. The number of carbonyl (C=O) groups excluding carboxylic acids is 1. The minimum atomic E-state index is -0.829. The Balaban J connectivity index is 1.99. The Morgan fingerprint density at radius 2 is 1.79 bits per heavy atom. The van der Waals surface area contributed by atoms with E-state index in [0.29, 0.717) is 17.9 Å². The highest BCUT2D eigenvalue weighted by Gasteiger charge is 2.24. The topological polar surface area (TPSA) is 70.1 Å². The summed E-state index contributed by atoms with van der Waals surface area (Å²) in [6.07, 6.45) is 0.485. The van der Waals surface area contributed by atoms with Gasteiger partial charge in [0.2, 0.25) is 5.91 Å². The first-order valence-electron chi connectivity index (χ1n) is 9.00. The number of benzene rings is 2. The van der Waals surface area contributed by atoms with Gasteiger partial charge in [-0.1, -0.05) is 29.3 Å². The number of hydrogen-bond acceptors (Lipinski definition) is 3. The van der Waals surface area contributed by atoms with Crippen LogP contribution in [0.3, 0.4) is 0 Å². The van der Waals surface area contributed by atoms with E-state index in [9.17, 15) is 13.6 Å². The fraction of sp³-hybridized carbons (Fsp3) is 0.238. The first kappa shape index (κ1) is 20.8. The molecule has 1 aromatic heterocycles. The number of primary amides is 1. The SMILES string of the molecule is Cc1ccc(-n2c(C)nc(Cl)c2-c2c(F)cc(OCCCC(N)=O)cc2F)cc1. The number of carbonyl (C=O) groups is 1. The average Bonchev–Trinajstić information content (AvgIpc) is 2.93. The lowest BCUT2D eigenvalue weighted by Crippen LogP contribution is -2.12. The predicted molar refractivity (Wildman–Crippen MR) is 107 cm³/mol. The third-order valence-electron chi connectivity index (χ3n) is 4.38. The summed E-state index contributed by atoms with van der Waals surface area (Å²) in [5.74, 6) is -1.60. The van der Waals surface area contributed by atoms with Crippen LogP contribution < -0.4 is 10.5 Å². The summed E-state index contributed by atoms with van der Waals surface area (Å²) in [6.45, 7) is 3.77. The van der Waals surface area contributed by atoms with Gasteiger partial charge in [-0.25, -0.2) is 13.8 Å². The smallest absolute Gasteiger partial charge is 0.217 e. The van der Waals surface area contributed by atoms with Gasteiger partial charge in [0.15, 0.2) is 5.15 Å². The molecular weight excluding hydrogens is 400 g/mol. The molecule has 5 nitrogen and oxygen atoms in total. The number of rotatable bonds is 7. The van der Waals surface area contributed by atoms with Crippen molar-refractivity contribution in [2.24, 2.45) is 5.73 Å². The maximum Gasteiger partial charge on any atom is 0.217 e. The molecule has 0 radical (unpaired) electrons. The summed E-state index contributed by atoms with van der Waals surface area (Å²) < 4.78 is 36.7. The zero-order valence-corrected chi connectivity index (χ0v) is 16.8. The van der Waals surface area contributed by atoms with Crippen LogP contribution in [-0.4, -0.2) is 22.1 Å². The van der Waals surface area contributed by atoms with Gasteiger partial charge in [-0.2, -0.15) is 0 Å². The highest BCUT2D eigenvalue weighted by Crippen LogP contribution is 2.36. The van der Waals surface area contributed by atoms with Gasteiger partial charge < -0.3 is 10.5 Å². The first-order chi connectivity index (χ1) is 13.8. The van der Waals surface area contributed by atoms with E-state index in [4.69, 9.17) is 22.1 Å². The lowest BCUT2D eigenvalue weighted by molar-refractivity contribution is -0.118.